The number of aromatic nitrogens is 2. The van der Waals surface area contributed by atoms with Crippen LogP contribution in [0.2, 0.25) is 0 Å². The second kappa shape index (κ2) is 3.76. The Morgan fingerprint density at radius 1 is 1.06 bits per heavy atom. The average molecular weight is 242 g/mol. The van der Waals surface area contributed by atoms with Crippen molar-refractivity contribution in [1.82, 2.24) is 9.97 Å². The lowest BCUT2D eigenvalue weighted by atomic mass is 10.2. The van der Waals surface area contributed by atoms with Gasteiger partial charge in [-0.25, -0.2) is 4.98 Å². The van der Waals surface area contributed by atoms with E-state index < -0.39 is 29.3 Å². The molecule has 1 aromatic rings. The van der Waals surface area contributed by atoms with Gasteiger partial charge < -0.3 is 0 Å². The lowest BCUT2D eigenvalue weighted by molar-refractivity contribution is -0.141. The van der Waals surface area contributed by atoms with E-state index in [0.29, 0.717) is 12.4 Å². The molecule has 1 rings (SSSR count). The molecule has 0 N–H and O–H groups in total. The molecular weight excluding hydrogens is 238 g/mol. The van der Waals surface area contributed by atoms with Gasteiger partial charge in [-0.1, -0.05) is 6.58 Å². The van der Waals surface area contributed by atoms with Crippen LogP contribution in [0.1, 0.15) is 11.4 Å². The highest BCUT2D eigenvalue weighted by molar-refractivity contribution is 5.63. The first-order valence-electron chi connectivity index (χ1n) is 3.78. The van der Waals surface area contributed by atoms with Crippen LogP contribution in [0, 0.1) is 0 Å². The summed E-state index contributed by atoms with van der Waals surface area (Å²) in [6, 6.07) is 0. The van der Waals surface area contributed by atoms with E-state index in [-0.39, 0.29) is 0 Å². The van der Waals surface area contributed by atoms with E-state index in [1.54, 1.807) is 0 Å². The van der Waals surface area contributed by atoms with Crippen LogP contribution >= 0.6 is 0 Å². The number of hydrogen-bond donors (Lipinski definition) is 0. The fourth-order valence-electron chi connectivity index (χ4n) is 0.793. The molecule has 0 unspecified atom stereocenters. The smallest absolute Gasteiger partial charge is 0.260 e. The Bertz CT molecular complexity index is 406. The summed E-state index contributed by atoms with van der Waals surface area (Å²) >= 11 is 0. The lowest BCUT2D eigenvalue weighted by Crippen LogP contribution is -2.14. The second-order valence-corrected chi connectivity index (χ2v) is 2.76. The summed E-state index contributed by atoms with van der Waals surface area (Å²) in [5, 5.41) is 0. The molecule has 8 heteroatoms. The molecule has 0 atom stereocenters. The molecule has 0 spiro atoms. The molecule has 0 aromatic carbocycles. The van der Waals surface area contributed by atoms with Crippen LogP contribution in [-0.2, 0) is 6.18 Å². The number of nitrogens with zero attached hydrogens (tertiary/aromatic N) is 2. The average Bonchev–Trinajstić information content (AvgIpc) is 2.14. The van der Waals surface area contributed by atoms with E-state index in [1.165, 1.54) is 0 Å². The van der Waals surface area contributed by atoms with Crippen LogP contribution in [0.25, 0.3) is 5.57 Å². The Morgan fingerprint density at radius 3 is 2.06 bits per heavy atom. The topological polar surface area (TPSA) is 25.8 Å². The summed E-state index contributed by atoms with van der Waals surface area (Å²) < 4.78 is 72.7. The summed E-state index contributed by atoms with van der Waals surface area (Å²) in [6.07, 6.45) is -8.76. The first-order chi connectivity index (χ1) is 7.12. The van der Waals surface area contributed by atoms with Crippen molar-refractivity contribution in [1.29, 1.82) is 0 Å². The van der Waals surface area contributed by atoms with E-state index in [2.05, 4.69) is 16.5 Å². The molecule has 0 bridgehead atoms. The largest absolute Gasteiger partial charge is 0.434 e. The molecule has 1 aromatic heterocycles. The molecule has 0 saturated heterocycles. The van der Waals surface area contributed by atoms with E-state index in [1.807, 2.05) is 0 Å². The van der Waals surface area contributed by atoms with Crippen LogP contribution in [0.15, 0.2) is 19.0 Å². The maximum Gasteiger partial charge on any atom is 0.434 e. The van der Waals surface area contributed by atoms with Crippen molar-refractivity contribution in [3.05, 3.63) is 30.4 Å². The second-order valence-electron chi connectivity index (χ2n) is 2.76. The zero-order chi connectivity index (χ0) is 12.6. The Balaban J connectivity index is 3.14. The highest BCUT2D eigenvalue weighted by atomic mass is 19.4. The van der Waals surface area contributed by atoms with Gasteiger partial charge in [0.25, 0.3) is 0 Å². The minimum Gasteiger partial charge on any atom is -0.260 e. The van der Waals surface area contributed by atoms with Crippen LogP contribution < -0.4 is 0 Å². The number of allylic oxidation sites excluding steroid dienone is 1. The van der Waals surface area contributed by atoms with Gasteiger partial charge in [0.05, 0.1) is 23.7 Å². The molecular formula is C8H4F6N2. The first-order valence-corrected chi connectivity index (χ1v) is 3.78. The molecule has 0 radical (unpaired) electrons. The van der Waals surface area contributed by atoms with E-state index in [4.69, 9.17) is 0 Å². The van der Waals surface area contributed by atoms with E-state index in [9.17, 15) is 26.3 Å². The highest BCUT2D eigenvalue weighted by Crippen LogP contribution is 2.33. The van der Waals surface area contributed by atoms with E-state index in [0.717, 1.165) is 0 Å². The maximum atomic E-state index is 12.1. The van der Waals surface area contributed by atoms with Gasteiger partial charge in [0, 0.05) is 0 Å². The van der Waals surface area contributed by atoms with Gasteiger partial charge in [-0.15, -0.1) is 0 Å². The minimum absolute atomic E-state index is 0.340. The van der Waals surface area contributed by atoms with Crippen LogP contribution in [-0.4, -0.2) is 16.1 Å². The molecule has 0 fully saturated rings. The summed E-state index contributed by atoms with van der Waals surface area (Å²) in [5.74, 6) is 0. The number of hydrogen-bond acceptors (Lipinski definition) is 2. The SMILES string of the molecule is C=C(c1cncc(C(F)(F)F)n1)C(F)(F)F. The van der Waals surface area contributed by atoms with E-state index >= 15 is 0 Å². The van der Waals surface area contributed by atoms with Gasteiger partial charge in [0.15, 0.2) is 5.69 Å². The molecule has 16 heavy (non-hydrogen) atoms. The maximum absolute atomic E-state index is 12.1. The van der Waals surface area contributed by atoms with Crippen molar-refractivity contribution in [3.63, 3.8) is 0 Å². The van der Waals surface area contributed by atoms with Crippen molar-refractivity contribution in [2.24, 2.45) is 0 Å². The van der Waals surface area contributed by atoms with Gasteiger partial charge in [0.1, 0.15) is 0 Å². The zero-order valence-electron chi connectivity index (χ0n) is 7.52. The van der Waals surface area contributed by atoms with Gasteiger partial charge in [-0.2, -0.15) is 26.3 Å². The number of halogens is 6. The van der Waals surface area contributed by atoms with Crippen LogP contribution in [0.3, 0.4) is 0 Å². The Hall–Kier alpha value is -1.60. The molecule has 2 nitrogen and oxygen atoms in total. The fraction of sp³-hybridized carbons (Fsp3) is 0.250. The highest BCUT2D eigenvalue weighted by Gasteiger charge is 2.37. The monoisotopic (exact) mass is 242 g/mol. The summed E-state index contributed by atoms with van der Waals surface area (Å²) in [5.41, 5.74) is -3.90. The molecule has 0 saturated carbocycles. The third kappa shape index (κ3) is 2.71. The van der Waals surface area contributed by atoms with Crippen molar-refractivity contribution >= 4 is 5.57 Å². The van der Waals surface area contributed by atoms with Crippen LogP contribution in [0.4, 0.5) is 26.3 Å². The summed E-state index contributed by atoms with van der Waals surface area (Å²) in [4.78, 5) is 5.85. The first kappa shape index (κ1) is 12.5. The van der Waals surface area contributed by atoms with Crippen LogP contribution in [0.5, 0.6) is 0 Å². The standard InChI is InChI=1S/C8H4F6N2/c1-4(7(9,10)11)5-2-15-3-6(16-5)8(12,13)14/h2-3H,1H2. The number of rotatable bonds is 1. The zero-order valence-corrected chi connectivity index (χ0v) is 7.52. The van der Waals surface area contributed by atoms with Crippen molar-refractivity contribution in [2.45, 2.75) is 12.4 Å². The molecule has 0 aliphatic rings. The third-order valence-corrected chi connectivity index (χ3v) is 1.58. The van der Waals surface area contributed by atoms with Gasteiger partial charge in [-0.05, 0) is 0 Å². The predicted molar refractivity (Wildman–Crippen MR) is 42.1 cm³/mol. The molecule has 0 aliphatic carbocycles. The van der Waals surface area contributed by atoms with Crippen molar-refractivity contribution in [3.8, 4) is 0 Å². The molecule has 0 aliphatic heterocycles. The molecule has 1 heterocycles. The fourth-order valence-corrected chi connectivity index (χ4v) is 0.793. The van der Waals surface area contributed by atoms with Gasteiger partial charge >= 0.3 is 12.4 Å². The number of alkyl halides is 6. The Morgan fingerprint density at radius 2 is 1.62 bits per heavy atom. The quantitative estimate of drug-likeness (QED) is 0.707. The normalized spacial score (nSPS) is 12.6. The summed E-state index contributed by atoms with van der Waals surface area (Å²) in [7, 11) is 0. The van der Waals surface area contributed by atoms with Crippen molar-refractivity contribution in [2.75, 3.05) is 0 Å². The van der Waals surface area contributed by atoms with Crippen molar-refractivity contribution < 1.29 is 26.3 Å². The van der Waals surface area contributed by atoms with Gasteiger partial charge in [-0.3, -0.25) is 4.98 Å². The molecule has 88 valence electrons. The third-order valence-electron chi connectivity index (χ3n) is 1.58. The summed E-state index contributed by atoms with van der Waals surface area (Å²) in [6.45, 7) is 2.62. The minimum atomic E-state index is -4.84. The Labute approximate surface area is 85.6 Å². The lowest BCUT2D eigenvalue weighted by Gasteiger charge is -2.11. The molecule has 0 amide bonds. The Kier molecular flexibility index (Phi) is 2.93. The predicted octanol–water partition coefficient (Wildman–Crippen LogP) is 3.07. The van der Waals surface area contributed by atoms with Gasteiger partial charge in [0.2, 0.25) is 0 Å².